The topological polar surface area (TPSA) is 55.6 Å². The summed E-state index contributed by atoms with van der Waals surface area (Å²) < 4.78 is 4.93. The van der Waals surface area contributed by atoms with Crippen molar-refractivity contribution in [1.29, 1.82) is 0 Å². The van der Waals surface area contributed by atoms with Crippen LogP contribution in [-0.4, -0.2) is 30.6 Å². The molecule has 17 heavy (non-hydrogen) atoms. The zero-order chi connectivity index (χ0) is 12.7. The van der Waals surface area contributed by atoms with Crippen molar-refractivity contribution in [3.8, 4) is 0 Å². The van der Waals surface area contributed by atoms with Gasteiger partial charge in [-0.25, -0.2) is 0 Å². The Morgan fingerprint density at radius 1 is 1.41 bits per heavy atom. The van der Waals surface area contributed by atoms with Crippen LogP contribution in [0.2, 0.25) is 0 Å². The molecule has 0 unspecified atom stereocenters. The molecular weight excluding hydrogens is 216 g/mol. The fraction of sp³-hybridized carbons (Fsp3) is 0.462. The van der Waals surface area contributed by atoms with E-state index >= 15 is 0 Å². The monoisotopic (exact) mass is 236 g/mol. The van der Waals surface area contributed by atoms with Crippen LogP contribution in [0.3, 0.4) is 0 Å². The lowest BCUT2D eigenvalue weighted by atomic mass is 10.2. The third-order valence-corrected chi connectivity index (χ3v) is 2.46. The van der Waals surface area contributed by atoms with Crippen molar-refractivity contribution in [2.75, 3.05) is 25.4 Å². The van der Waals surface area contributed by atoms with E-state index in [2.05, 4.69) is 0 Å². The molecular formula is C13H20N2O2. The number of nitrogen functional groups attached to an aromatic ring is 1. The fourth-order valence-electron chi connectivity index (χ4n) is 1.62. The van der Waals surface area contributed by atoms with Gasteiger partial charge in [0.05, 0.1) is 13.2 Å². The summed E-state index contributed by atoms with van der Waals surface area (Å²) in [5.74, 6) is -0.182. The second kappa shape index (κ2) is 6.91. The minimum absolute atomic E-state index is 0.182. The van der Waals surface area contributed by atoms with Gasteiger partial charge in [-0.3, -0.25) is 9.69 Å². The fourth-order valence-corrected chi connectivity index (χ4v) is 1.62. The first kappa shape index (κ1) is 13.5. The van der Waals surface area contributed by atoms with Crippen LogP contribution in [0.15, 0.2) is 24.3 Å². The highest BCUT2D eigenvalue weighted by atomic mass is 16.5. The highest BCUT2D eigenvalue weighted by molar-refractivity contribution is 5.71. The molecule has 0 bridgehead atoms. The molecule has 0 atom stereocenters. The molecule has 0 amide bonds. The van der Waals surface area contributed by atoms with Crippen molar-refractivity contribution in [2.24, 2.45) is 0 Å². The number of ether oxygens (including phenoxy) is 1. The van der Waals surface area contributed by atoms with Crippen LogP contribution in [0.1, 0.15) is 19.4 Å². The van der Waals surface area contributed by atoms with Crippen LogP contribution in [0.5, 0.6) is 0 Å². The zero-order valence-electron chi connectivity index (χ0n) is 10.5. The molecule has 0 spiro atoms. The van der Waals surface area contributed by atoms with Gasteiger partial charge in [0.25, 0.3) is 0 Å². The van der Waals surface area contributed by atoms with Gasteiger partial charge in [0.2, 0.25) is 0 Å². The highest BCUT2D eigenvalue weighted by Gasteiger charge is 2.10. The van der Waals surface area contributed by atoms with Gasteiger partial charge in [0, 0.05) is 12.2 Å². The maximum atomic E-state index is 11.4. The lowest BCUT2D eigenvalue weighted by molar-refractivity contribution is -0.144. The number of carbonyl (C=O) groups excluding carboxylic acids is 1. The van der Waals surface area contributed by atoms with Gasteiger partial charge in [-0.2, -0.15) is 0 Å². The predicted octanol–water partition coefficient (Wildman–Crippen LogP) is 1.65. The number of hydrogen-bond donors (Lipinski definition) is 1. The molecule has 0 aliphatic heterocycles. The van der Waals surface area contributed by atoms with Gasteiger partial charge in [-0.1, -0.05) is 19.1 Å². The quantitative estimate of drug-likeness (QED) is 0.603. The normalized spacial score (nSPS) is 10.5. The van der Waals surface area contributed by atoms with E-state index in [9.17, 15) is 4.79 Å². The smallest absolute Gasteiger partial charge is 0.320 e. The molecule has 0 radical (unpaired) electrons. The number of nitrogens with zero attached hydrogens (tertiary/aromatic N) is 1. The van der Waals surface area contributed by atoms with E-state index in [-0.39, 0.29) is 5.97 Å². The molecule has 2 N–H and O–H groups in total. The summed E-state index contributed by atoms with van der Waals surface area (Å²) in [4.78, 5) is 13.4. The first-order valence-corrected chi connectivity index (χ1v) is 5.88. The number of likely N-dealkylation sites (N-methyl/N-ethyl adjacent to an activating group) is 1. The van der Waals surface area contributed by atoms with E-state index in [1.54, 1.807) is 0 Å². The Kier molecular flexibility index (Phi) is 5.49. The van der Waals surface area contributed by atoms with Crippen molar-refractivity contribution < 1.29 is 9.53 Å². The van der Waals surface area contributed by atoms with Gasteiger partial charge >= 0.3 is 5.97 Å². The van der Waals surface area contributed by atoms with Crippen molar-refractivity contribution in [3.05, 3.63) is 29.8 Å². The average molecular weight is 236 g/mol. The molecule has 94 valence electrons. The number of anilines is 1. The molecule has 0 saturated carbocycles. The summed E-state index contributed by atoms with van der Waals surface area (Å²) in [6.07, 6.45) is 0. The molecule has 1 aromatic rings. The van der Waals surface area contributed by atoms with Gasteiger partial charge < -0.3 is 10.5 Å². The van der Waals surface area contributed by atoms with E-state index < -0.39 is 0 Å². The van der Waals surface area contributed by atoms with E-state index in [0.29, 0.717) is 19.7 Å². The summed E-state index contributed by atoms with van der Waals surface area (Å²) in [5, 5.41) is 0. The third-order valence-electron chi connectivity index (χ3n) is 2.46. The Hall–Kier alpha value is -1.55. The second-order valence-corrected chi connectivity index (χ2v) is 3.85. The molecule has 0 aliphatic rings. The first-order chi connectivity index (χ1) is 8.15. The van der Waals surface area contributed by atoms with Crippen LogP contribution in [0.25, 0.3) is 0 Å². The second-order valence-electron chi connectivity index (χ2n) is 3.85. The Labute approximate surface area is 102 Å². The molecule has 0 aliphatic carbocycles. The van der Waals surface area contributed by atoms with Gasteiger partial charge in [0.15, 0.2) is 0 Å². The van der Waals surface area contributed by atoms with E-state index in [0.717, 1.165) is 17.8 Å². The number of esters is 1. The third kappa shape index (κ3) is 4.87. The predicted molar refractivity (Wildman–Crippen MR) is 68.4 cm³/mol. The van der Waals surface area contributed by atoms with Gasteiger partial charge in [-0.05, 0) is 31.2 Å². The van der Waals surface area contributed by atoms with Crippen molar-refractivity contribution in [1.82, 2.24) is 4.90 Å². The van der Waals surface area contributed by atoms with Crippen LogP contribution in [0.4, 0.5) is 5.69 Å². The first-order valence-electron chi connectivity index (χ1n) is 5.88. The standard InChI is InChI=1S/C13H20N2O2/c1-3-15(10-13(16)17-4-2)9-11-6-5-7-12(14)8-11/h5-8H,3-4,9-10,14H2,1-2H3. The molecule has 0 saturated heterocycles. The minimum Gasteiger partial charge on any atom is -0.465 e. The Bertz CT molecular complexity index is 366. The zero-order valence-corrected chi connectivity index (χ0v) is 10.5. The summed E-state index contributed by atoms with van der Waals surface area (Å²) >= 11 is 0. The number of hydrogen-bond acceptors (Lipinski definition) is 4. The summed E-state index contributed by atoms with van der Waals surface area (Å²) in [5.41, 5.74) is 7.57. The lowest BCUT2D eigenvalue weighted by Gasteiger charge is -2.19. The van der Waals surface area contributed by atoms with Gasteiger partial charge in [0.1, 0.15) is 0 Å². The summed E-state index contributed by atoms with van der Waals surface area (Å²) in [7, 11) is 0. The molecule has 0 fully saturated rings. The van der Waals surface area contributed by atoms with E-state index in [4.69, 9.17) is 10.5 Å². The molecule has 4 heteroatoms. The number of rotatable bonds is 6. The van der Waals surface area contributed by atoms with Crippen molar-refractivity contribution in [3.63, 3.8) is 0 Å². The Morgan fingerprint density at radius 3 is 2.76 bits per heavy atom. The Balaban J connectivity index is 2.54. The summed E-state index contributed by atoms with van der Waals surface area (Å²) in [6, 6.07) is 7.70. The van der Waals surface area contributed by atoms with Crippen LogP contribution in [0, 0.1) is 0 Å². The van der Waals surface area contributed by atoms with E-state index in [1.807, 2.05) is 43.0 Å². The molecule has 4 nitrogen and oxygen atoms in total. The highest BCUT2D eigenvalue weighted by Crippen LogP contribution is 2.09. The van der Waals surface area contributed by atoms with Crippen LogP contribution >= 0.6 is 0 Å². The molecule has 1 aromatic carbocycles. The maximum Gasteiger partial charge on any atom is 0.320 e. The minimum atomic E-state index is -0.182. The maximum absolute atomic E-state index is 11.4. The molecule has 1 rings (SSSR count). The average Bonchev–Trinajstić information content (AvgIpc) is 2.28. The number of benzene rings is 1. The largest absolute Gasteiger partial charge is 0.465 e. The molecule has 0 heterocycles. The van der Waals surface area contributed by atoms with E-state index in [1.165, 1.54) is 0 Å². The van der Waals surface area contributed by atoms with Gasteiger partial charge in [-0.15, -0.1) is 0 Å². The van der Waals surface area contributed by atoms with Crippen LogP contribution in [-0.2, 0) is 16.1 Å². The lowest BCUT2D eigenvalue weighted by Crippen LogP contribution is -2.30. The number of carbonyl (C=O) groups is 1. The molecule has 0 aromatic heterocycles. The Morgan fingerprint density at radius 2 is 2.18 bits per heavy atom. The SMILES string of the molecule is CCOC(=O)CN(CC)Cc1cccc(N)c1. The van der Waals surface area contributed by atoms with Crippen molar-refractivity contribution >= 4 is 11.7 Å². The number of nitrogens with two attached hydrogens (primary N) is 1. The van der Waals surface area contributed by atoms with Crippen LogP contribution < -0.4 is 5.73 Å². The van der Waals surface area contributed by atoms with Crippen molar-refractivity contribution in [2.45, 2.75) is 20.4 Å². The summed E-state index contributed by atoms with van der Waals surface area (Å²) in [6.45, 7) is 6.08.